The van der Waals surface area contributed by atoms with Crippen LogP contribution in [0.2, 0.25) is 0 Å². The fourth-order valence-electron chi connectivity index (χ4n) is 1.51. The van der Waals surface area contributed by atoms with Gasteiger partial charge in [-0.15, -0.1) is 13.2 Å². The van der Waals surface area contributed by atoms with Crippen molar-refractivity contribution in [3.63, 3.8) is 0 Å². The largest absolute Gasteiger partial charge is 0.357 e. The quantitative estimate of drug-likeness (QED) is 0.436. The molecule has 1 saturated heterocycles. The lowest BCUT2D eigenvalue weighted by Gasteiger charge is -2.27. The number of hydrogen-bond acceptors (Lipinski definition) is 2. The molecule has 0 atom stereocenters. The fourth-order valence-corrected chi connectivity index (χ4v) is 2.07. The first-order valence-corrected chi connectivity index (χ1v) is 4.91. The van der Waals surface area contributed by atoms with E-state index in [0.717, 1.165) is 4.42 Å². The van der Waals surface area contributed by atoms with Gasteiger partial charge >= 0.3 is 6.03 Å². The maximum absolute atomic E-state index is 11.8. The molecule has 15 heavy (non-hydrogen) atoms. The number of rotatable bonds is 4. The second kappa shape index (κ2) is 4.24. The monoisotopic (exact) mass is 248 g/mol. The van der Waals surface area contributed by atoms with Gasteiger partial charge in [0.1, 0.15) is 5.54 Å². The topological polar surface area (TPSA) is 40.6 Å². The van der Waals surface area contributed by atoms with Crippen LogP contribution < -0.4 is 0 Å². The molecular weight excluding hydrogens is 239 g/mol. The molecule has 1 fully saturated rings. The molecule has 0 aromatic carbocycles. The van der Waals surface area contributed by atoms with Crippen molar-refractivity contribution in [1.29, 1.82) is 0 Å². The van der Waals surface area contributed by atoms with Gasteiger partial charge in [0.25, 0.3) is 5.91 Å². The van der Waals surface area contributed by atoms with Crippen LogP contribution in [0.3, 0.4) is 0 Å². The Morgan fingerprint density at radius 2 is 1.67 bits per heavy atom. The minimum Gasteiger partial charge on any atom is -0.270 e. The van der Waals surface area contributed by atoms with Gasteiger partial charge in [0.2, 0.25) is 0 Å². The first-order chi connectivity index (χ1) is 7.01. The molecule has 0 spiro atoms. The highest BCUT2D eigenvalue weighted by Gasteiger charge is 2.55. The van der Waals surface area contributed by atoms with Crippen molar-refractivity contribution in [2.24, 2.45) is 0 Å². The van der Waals surface area contributed by atoms with Crippen LogP contribution in [0.5, 0.6) is 0 Å². The third kappa shape index (κ3) is 1.64. The smallest absolute Gasteiger partial charge is 0.270 e. The Bertz CT molecular complexity index is 320. The summed E-state index contributed by atoms with van der Waals surface area (Å²) in [4.78, 5) is 23.2. The highest BCUT2D eigenvalue weighted by Crippen LogP contribution is 2.37. The molecule has 4 nitrogen and oxygen atoms in total. The van der Waals surface area contributed by atoms with Gasteiger partial charge in [-0.1, -0.05) is 12.2 Å². The Labute approximate surface area is 97.9 Å². The number of urea groups is 1. The number of hydrogen-bond donors (Lipinski definition) is 0. The number of carbonyl (C=O) groups is 2. The number of imide groups is 1. The number of amides is 3. The molecule has 1 aliphatic heterocycles. The Morgan fingerprint density at radius 3 is 1.93 bits per heavy atom. The zero-order chi connectivity index (χ0) is 11.6. The van der Waals surface area contributed by atoms with E-state index in [4.69, 9.17) is 23.6 Å². The summed E-state index contributed by atoms with van der Waals surface area (Å²) in [6.45, 7) is 7.05. The first kappa shape index (κ1) is 12.1. The molecule has 0 aliphatic carbocycles. The van der Waals surface area contributed by atoms with Gasteiger partial charge in [0.15, 0.2) is 0 Å². The predicted octanol–water partition coefficient (Wildman–Crippen LogP) is 2.45. The van der Waals surface area contributed by atoms with Crippen molar-refractivity contribution in [2.75, 3.05) is 0 Å². The number of nitrogens with zero attached hydrogens (tertiary/aromatic N) is 2. The third-order valence-corrected chi connectivity index (χ3v) is 3.02. The van der Waals surface area contributed by atoms with Crippen LogP contribution in [0.25, 0.3) is 0 Å². The van der Waals surface area contributed by atoms with Crippen LogP contribution in [0, 0.1) is 0 Å². The molecule has 1 rings (SSSR count). The number of carbonyl (C=O) groups excluding carboxylic acids is 2. The van der Waals surface area contributed by atoms with Crippen LogP contribution in [0.15, 0.2) is 25.3 Å². The van der Waals surface area contributed by atoms with Gasteiger partial charge in [0.05, 0.1) is 0 Å². The van der Waals surface area contributed by atoms with Crippen molar-refractivity contribution in [3.8, 4) is 0 Å². The standard InChI is InChI=1S/C9H10Cl2N2O2/c1-3-5-9(6-4-2)7(14)12(10)8(15)13(9)11/h3-4H,1-2,5-6H2. The van der Waals surface area contributed by atoms with E-state index in [1.807, 2.05) is 0 Å². The average Bonchev–Trinajstić information content (AvgIpc) is 2.36. The molecule has 1 heterocycles. The lowest BCUT2D eigenvalue weighted by molar-refractivity contribution is -0.129. The normalized spacial score (nSPS) is 19.6. The summed E-state index contributed by atoms with van der Waals surface area (Å²) in [7, 11) is 0. The Hall–Kier alpha value is -1.00. The SMILES string of the molecule is C=CCC1(CC=C)C(=O)N(Cl)C(=O)N1Cl. The van der Waals surface area contributed by atoms with E-state index in [1.165, 1.54) is 12.2 Å². The van der Waals surface area contributed by atoms with Crippen LogP contribution in [-0.4, -0.2) is 26.3 Å². The molecular formula is C9H10Cl2N2O2. The zero-order valence-corrected chi connectivity index (χ0v) is 9.46. The molecule has 1 aliphatic rings. The third-order valence-electron chi connectivity index (χ3n) is 2.25. The Kier molecular flexibility index (Phi) is 3.42. The second-order valence-electron chi connectivity index (χ2n) is 3.17. The summed E-state index contributed by atoms with van der Waals surface area (Å²) < 4.78 is 1.30. The summed E-state index contributed by atoms with van der Waals surface area (Å²) in [5.74, 6) is -0.552. The lowest BCUT2D eigenvalue weighted by atomic mass is 9.91. The van der Waals surface area contributed by atoms with Crippen LogP contribution >= 0.6 is 23.6 Å². The van der Waals surface area contributed by atoms with Gasteiger partial charge in [-0.05, 0) is 12.8 Å². The van der Waals surface area contributed by atoms with E-state index in [-0.39, 0.29) is 12.8 Å². The summed E-state index contributed by atoms with van der Waals surface area (Å²) in [5.41, 5.74) is -1.18. The minimum absolute atomic E-state index is 0.232. The van der Waals surface area contributed by atoms with E-state index in [2.05, 4.69) is 13.2 Å². The molecule has 3 amide bonds. The van der Waals surface area contributed by atoms with E-state index >= 15 is 0 Å². The van der Waals surface area contributed by atoms with Gasteiger partial charge in [-0.2, -0.15) is 4.42 Å². The van der Waals surface area contributed by atoms with Crippen molar-refractivity contribution in [1.82, 2.24) is 8.84 Å². The lowest BCUT2D eigenvalue weighted by Crippen LogP contribution is -2.44. The van der Waals surface area contributed by atoms with Gasteiger partial charge < -0.3 is 0 Å². The maximum Gasteiger partial charge on any atom is 0.357 e. The van der Waals surface area contributed by atoms with E-state index in [1.54, 1.807) is 0 Å². The number of halogens is 2. The highest BCUT2D eigenvalue weighted by molar-refractivity contribution is 6.39. The van der Waals surface area contributed by atoms with Crippen LogP contribution in [-0.2, 0) is 4.79 Å². The Balaban J connectivity index is 3.16. The van der Waals surface area contributed by atoms with E-state index in [9.17, 15) is 9.59 Å². The second-order valence-corrected chi connectivity index (χ2v) is 3.84. The van der Waals surface area contributed by atoms with Crippen molar-refractivity contribution in [2.45, 2.75) is 18.4 Å². The van der Waals surface area contributed by atoms with Crippen molar-refractivity contribution >= 4 is 35.5 Å². The molecule has 0 radical (unpaired) electrons. The molecule has 0 unspecified atom stereocenters. The van der Waals surface area contributed by atoms with E-state index in [0.29, 0.717) is 4.42 Å². The van der Waals surface area contributed by atoms with Crippen molar-refractivity contribution < 1.29 is 9.59 Å². The molecule has 0 saturated carbocycles. The Morgan fingerprint density at radius 1 is 1.20 bits per heavy atom. The molecule has 6 heteroatoms. The summed E-state index contributed by atoms with van der Waals surface area (Å²) >= 11 is 11.3. The minimum atomic E-state index is -1.18. The average molecular weight is 249 g/mol. The van der Waals surface area contributed by atoms with Crippen LogP contribution in [0.4, 0.5) is 4.79 Å². The molecule has 0 N–H and O–H groups in total. The molecule has 0 bridgehead atoms. The fraction of sp³-hybridized carbons (Fsp3) is 0.333. The summed E-state index contributed by atoms with van der Waals surface area (Å²) in [5, 5.41) is 0. The summed E-state index contributed by atoms with van der Waals surface area (Å²) in [6.07, 6.45) is 3.49. The maximum atomic E-state index is 11.8. The highest BCUT2D eigenvalue weighted by atomic mass is 35.5. The van der Waals surface area contributed by atoms with E-state index < -0.39 is 17.5 Å². The van der Waals surface area contributed by atoms with Gasteiger partial charge in [0, 0.05) is 23.6 Å². The van der Waals surface area contributed by atoms with Gasteiger partial charge in [-0.3, -0.25) is 4.79 Å². The van der Waals surface area contributed by atoms with Crippen LogP contribution in [0.1, 0.15) is 12.8 Å². The summed E-state index contributed by atoms with van der Waals surface area (Å²) in [6, 6.07) is -0.743. The first-order valence-electron chi connectivity index (χ1n) is 4.23. The zero-order valence-electron chi connectivity index (χ0n) is 7.95. The van der Waals surface area contributed by atoms with Crippen molar-refractivity contribution in [3.05, 3.63) is 25.3 Å². The molecule has 0 aromatic rings. The van der Waals surface area contributed by atoms with Gasteiger partial charge in [-0.25, -0.2) is 9.21 Å². The molecule has 82 valence electrons. The predicted molar refractivity (Wildman–Crippen MR) is 58.1 cm³/mol. The molecule has 0 aromatic heterocycles.